The van der Waals surface area contributed by atoms with Crippen molar-refractivity contribution >= 4 is 0 Å². The van der Waals surface area contributed by atoms with E-state index in [4.69, 9.17) is 6.58 Å². The van der Waals surface area contributed by atoms with Gasteiger partial charge in [-0.1, -0.05) is 6.92 Å². The molecule has 0 aromatic rings. The molecule has 0 aliphatic carbocycles. The van der Waals surface area contributed by atoms with Gasteiger partial charge >= 0.3 is 0 Å². The highest BCUT2D eigenvalue weighted by molar-refractivity contribution is 4.40. The van der Waals surface area contributed by atoms with Crippen molar-refractivity contribution < 1.29 is 4.74 Å². The smallest absolute Gasteiger partial charge is 0.0870 e. The first-order chi connectivity index (χ1) is 2.91. The molecule has 0 heterocycles. The van der Waals surface area contributed by atoms with E-state index >= 15 is 0 Å². The Morgan fingerprint density at radius 3 is 2.67 bits per heavy atom. The lowest BCUT2D eigenvalue weighted by molar-refractivity contribution is 0.250. The molecule has 6 heavy (non-hydrogen) atoms. The Hall–Kier alpha value is -0.460. The second kappa shape index (κ2) is 4.54. The van der Waals surface area contributed by atoms with Gasteiger partial charge in [0, 0.05) is 0 Å². The fourth-order valence-corrected chi connectivity index (χ4v) is 0.186. The van der Waals surface area contributed by atoms with Crippen LogP contribution >= 0.6 is 0 Å². The number of ether oxygens (including phenoxy) is 1. The van der Waals surface area contributed by atoms with Crippen LogP contribution < -0.4 is 0 Å². The zero-order chi connectivity index (χ0) is 4.83. The van der Waals surface area contributed by atoms with E-state index in [2.05, 4.69) is 4.74 Å². The maximum atomic E-state index is 4.87. The van der Waals surface area contributed by atoms with Crippen LogP contribution in [0.2, 0.25) is 0 Å². The van der Waals surface area contributed by atoms with Crippen molar-refractivity contribution in [3.05, 3.63) is 12.8 Å². The van der Waals surface area contributed by atoms with Crippen LogP contribution in [0.1, 0.15) is 13.3 Å². The van der Waals surface area contributed by atoms with Crippen LogP contribution in [-0.2, 0) is 4.74 Å². The van der Waals surface area contributed by atoms with Crippen LogP contribution in [0.3, 0.4) is 0 Å². The topological polar surface area (TPSA) is 9.23 Å². The number of hydrogen-bond acceptors (Lipinski definition) is 1. The van der Waals surface area contributed by atoms with Gasteiger partial charge < -0.3 is 4.74 Å². The molecule has 0 atom stereocenters. The van der Waals surface area contributed by atoms with Crippen LogP contribution in [0, 0.1) is 6.58 Å². The zero-order valence-corrected chi connectivity index (χ0v) is 3.98. The van der Waals surface area contributed by atoms with E-state index in [1.165, 1.54) is 6.26 Å². The molecular weight excluding hydrogens is 76.1 g/mol. The Morgan fingerprint density at radius 2 is 2.50 bits per heavy atom. The monoisotopic (exact) mass is 85.1 g/mol. The van der Waals surface area contributed by atoms with Crippen molar-refractivity contribution in [3.8, 4) is 0 Å². The Balaban J connectivity index is 2.49. The maximum Gasteiger partial charge on any atom is 0.0870 e. The van der Waals surface area contributed by atoms with Crippen LogP contribution in [0.4, 0.5) is 0 Å². The summed E-state index contributed by atoms with van der Waals surface area (Å²) in [5.41, 5.74) is 0. The number of hydrogen-bond donors (Lipinski definition) is 0. The quantitative estimate of drug-likeness (QED) is 0.371. The molecule has 0 saturated carbocycles. The summed E-state index contributed by atoms with van der Waals surface area (Å²) in [6.45, 7) is 7.63. The molecule has 0 fully saturated rings. The molecule has 35 valence electrons. The molecule has 0 N–H and O–H groups in total. The summed E-state index contributed by atoms with van der Waals surface area (Å²) in [5, 5.41) is 0. The van der Waals surface area contributed by atoms with E-state index in [9.17, 15) is 0 Å². The van der Waals surface area contributed by atoms with Crippen molar-refractivity contribution in [1.29, 1.82) is 0 Å². The van der Waals surface area contributed by atoms with Crippen LogP contribution in [-0.4, -0.2) is 6.61 Å². The van der Waals surface area contributed by atoms with Crippen LogP contribution in [0.15, 0.2) is 6.26 Å². The summed E-state index contributed by atoms with van der Waals surface area (Å²) in [5.74, 6) is 0. The first-order valence-corrected chi connectivity index (χ1v) is 2.06. The lowest BCUT2D eigenvalue weighted by Crippen LogP contribution is -1.79. The average molecular weight is 85.1 g/mol. The Morgan fingerprint density at radius 1 is 1.83 bits per heavy atom. The van der Waals surface area contributed by atoms with E-state index in [1.807, 2.05) is 6.92 Å². The first-order valence-electron chi connectivity index (χ1n) is 2.06. The van der Waals surface area contributed by atoms with E-state index in [1.54, 1.807) is 0 Å². The van der Waals surface area contributed by atoms with E-state index in [0.717, 1.165) is 13.0 Å². The molecule has 0 bridgehead atoms. The summed E-state index contributed by atoms with van der Waals surface area (Å²) < 4.78 is 4.64. The van der Waals surface area contributed by atoms with Gasteiger partial charge in [0.2, 0.25) is 0 Å². The van der Waals surface area contributed by atoms with Crippen LogP contribution in [0.5, 0.6) is 0 Å². The summed E-state index contributed by atoms with van der Waals surface area (Å²) in [7, 11) is 0. The number of rotatable bonds is 3. The molecule has 0 unspecified atom stereocenters. The largest absolute Gasteiger partial charge is 0.501 e. The normalized spacial score (nSPS) is 7.50. The zero-order valence-electron chi connectivity index (χ0n) is 3.98. The van der Waals surface area contributed by atoms with Crippen LogP contribution in [0.25, 0.3) is 0 Å². The Kier molecular flexibility index (Phi) is 4.19. The highest BCUT2D eigenvalue weighted by atomic mass is 16.5. The van der Waals surface area contributed by atoms with Gasteiger partial charge in [0.1, 0.15) is 0 Å². The molecule has 0 spiro atoms. The molecule has 0 rings (SSSR count). The molecule has 0 aliphatic rings. The summed E-state index contributed by atoms with van der Waals surface area (Å²) in [4.78, 5) is 0. The molecule has 1 nitrogen and oxygen atoms in total. The highest BCUT2D eigenvalue weighted by Gasteiger charge is 1.68. The van der Waals surface area contributed by atoms with E-state index in [-0.39, 0.29) is 0 Å². The minimum Gasteiger partial charge on any atom is -0.501 e. The molecule has 1 heteroatoms. The third kappa shape index (κ3) is 3.54. The van der Waals surface area contributed by atoms with Crippen molar-refractivity contribution in [1.82, 2.24) is 0 Å². The summed E-state index contributed by atoms with van der Waals surface area (Å²) in [6, 6.07) is 0. The Bertz CT molecular complexity index is 32.9. The van der Waals surface area contributed by atoms with Gasteiger partial charge in [-0.2, -0.15) is 0 Å². The lowest BCUT2D eigenvalue weighted by atomic mass is 10.5. The molecule has 0 saturated heterocycles. The third-order valence-electron chi connectivity index (χ3n) is 0.418. The summed E-state index contributed by atoms with van der Waals surface area (Å²) >= 11 is 0. The van der Waals surface area contributed by atoms with Gasteiger partial charge in [-0.05, 0) is 13.0 Å². The van der Waals surface area contributed by atoms with Gasteiger partial charge in [0.15, 0.2) is 0 Å². The molecule has 1 radical (unpaired) electrons. The van der Waals surface area contributed by atoms with Gasteiger partial charge in [-0.25, -0.2) is 0 Å². The average Bonchev–Trinajstić information content (AvgIpc) is 1.61. The van der Waals surface area contributed by atoms with Crippen molar-refractivity contribution in [2.75, 3.05) is 6.61 Å². The van der Waals surface area contributed by atoms with E-state index < -0.39 is 0 Å². The minimum absolute atomic E-state index is 0.733. The lowest BCUT2D eigenvalue weighted by Gasteiger charge is -1.90. The maximum absolute atomic E-state index is 4.87. The second-order valence-corrected chi connectivity index (χ2v) is 1.01. The van der Waals surface area contributed by atoms with Crippen molar-refractivity contribution in [2.45, 2.75) is 13.3 Å². The van der Waals surface area contributed by atoms with Gasteiger partial charge in [0.05, 0.1) is 12.9 Å². The first kappa shape index (κ1) is 5.54. The summed E-state index contributed by atoms with van der Waals surface area (Å²) in [6.07, 6.45) is 2.23. The SMILES string of the molecule is [CH]=COCCC. The standard InChI is InChI=1S/C5H9O/c1-3-5-6-4-2/h2,4H,3,5H2,1H3. The Labute approximate surface area is 38.6 Å². The van der Waals surface area contributed by atoms with Crippen molar-refractivity contribution in [3.63, 3.8) is 0 Å². The predicted octanol–water partition coefficient (Wildman–Crippen LogP) is 1.36. The fraction of sp³-hybridized carbons (Fsp3) is 0.600. The van der Waals surface area contributed by atoms with Gasteiger partial charge in [0.25, 0.3) is 0 Å². The fourth-order valence-electron chi connectivity index (χ4n) is 0.186. The minimum atomic E-state index is 0.733. The predicted molar refractivity (Wildman–Crippen MR) is 25.1 cm³/mol. The molecule has 0 aromatic carbocycles. The second-order valence-electron chi connectivity index (χ2n) is 1.01. The van der Waals surface area contributed by atoms with E-state index in [0.29, 0.717) is 0 Å². The van der Waals surface area contributed by atoms with Gasteiger partial charge in [-0.15, -0.1) is 0 Å². The van der Waals surface area contributed by atoms with Crippen molar-refractivity contribution in [2.24, 2.45) is 0 Å². The molecule has 0 aliphatic heterocycles. The molecule has 0 aromatic heterocycles. The third-order valence-corrected chi connectivity index (χ3v) is 0.418. The molecule has 0 amide bonds. The highest BCUT2D eigenvalue weighted by Crippen LogP contribution is 1.76. The van der Waals surface area contributed by atoms with Gasteiger partial charge in [-0.3, -0.25) is 0 Å². The molecular formula is C5H9O.